The van der Waals surface area contributed by atoms with Crippen LogP contribution in [0.5, 0.6) is 0 Å². The maximum Gasteiger partial charge on any atom is 0.430 e. The summed E-state index contributed by atoms with van der Waals surface area (Å²) in [5.74, 6) is -0.717. The monoisotopic (exact) mass is 420 g/mol. The number of primary amides is 1. The van der Waals surface area contributed by atoms with Crippen LogP contribution in [0.3, 0.4) is 0 Å². The predicted octanol–water partition coefficient (Wildman–Crippen LogP) is -0.240. The lowest BCUT2D eigenvalue weighted by molar-refractivity contribution is -0.142. The Morgan fingerprint density at radius 1 is 1.23 bits per heavy atom. The number of hydrogen-bond donors (Lipinski definition) is 4. The van der Waals surface area contributed by atoms with Crippen LogP contribution in [-0.4, -0.2) is 55.6 Å². The molecule has 162 valence electrons. The summed E-state index contributed by atoms with van der Waals surface area (Å²) < 4.78 is 4.77. The van der Waals surface area contributed by atoms with Crippen molar-refractivity contribution >= 4 is 35.5 Å². The van der Waals surface area contributed by atoms with Crippen molar-refractivity contribution in [2.75, 3.05) is 24.6 Å². The number of urea groups is 1. The van der Waals surface area contributed by atoms with Crippen LogP contribution in [0.2, 0.25) is 0 Å². The van der Waals surface area contributed by atoms with Crippen LogP contribution in [0.1, 0.15) is 25.3 Å². The third-order valence-corrected chi connectivity index (χ3v) is 4.14. The number of anilines is 1. The molecule has 1 unspecified atom stereocenters. The summed E-state index contributed by atoms with van der Waals surface area (Å²) >= 11 is 0. The second kappa shape index (κ2) is 10.6. The highest BCUT2D eigenvalue weighted by Gasteiger charge is 2.33. The summed E-state index contributed by atoms with van der Waals surface area (Å²) in [7, 11) is 0. The molecule has 1 fully saturated rings. The second-order valence-corrected chi connectivity index (χ2v) is 6.22. The first-order valence-electron chi connectivity index (χ1n) is 9.23. The van der Waals surface area contributed by atoms with Gasteiger partial charge in [0.2, 0.25) is 5.91 Å². The molecule has 1 aliphatic heterocycles. The molecule has 12 nitrogen and oxygen atoms in total. The van der Waals surface area contributed by atoms with Gasteiger partial charge in [-0.3, -0.25) is 14.4 Å². The van der Waals surface area contributed by atoms with Crippen LogP contribution in [0, 0.1) is 0 Å². The Morgan fingerprint density at radius 3 is 2.57 bits per heavy atom. The molecule has 1 heterocycles. The Balaban J connectivity index is 1.87. The third kappa shape index (κ3) is 6.36. The molecule has 0 radical (unpaired) electrons. The number of amides is 4. The van der Waals surface area contributed by atoms with E-state index in [-0.39, 0.29) is 31.3 Å². The number of ether oxygens (including phenoxy) is 1. The maximum atomic E-state index is 12.6. The number of nitrogens with one attached hydrogen (secondary N) is 2. The molecule has 0 aliphatic carbocycles. The van der Waals surface area contributed by atoms with E-state index in [2.05, 4.69) is 20.6 Å². The van der Waals surface area contributed by atoms with Crippen molar-refractivity contribution in [1.29, 1.82) is 0 Å². The zero-order chi connectivity index (χ0) is 22.1. The van der Waals surface area contributed by atoms with Gasteiger partial charge in [-0.1, -0.05) is 5.16 Å². The number of amidine groups is 1. The highest BCUT2D eigenvalue weighted by Crippen LogP contribution is 2.22. The topological polar surface area (TPSA) is 178 Å². The lowest BCUT2D eigenvalue weighted by atomic mass is 10.2. The van der Waals surface area contributed by atoms with Gasteiger partial charge in [-0.2, -0.15) is 0 Å². The largest absolute Gasteiger partial charge is 0.466 e. The first kappa shape index (κ1) is 22.5. The molecule has 1 aliphatic rings. The zero-order valence-corrected chi connectivity index (χ0v) is 16.4. The molecule has 30 heavy (non-hydrogen) atoms. The maximum absolute atomic E-state index is 12.6. The summed E-state index contributed by atoms with van der Waals surface area (Å²) in [6, 6.07) is 5.31. The number of nitrogens with zero attached hydrogens (tertiary/aromatic N) is 2. The van der Waals surface area contributed by atoms with E-state index in [4.69, 9.17) is 16.2 Å². The van der Waals surface area contributed by atoms with Crippen LogP contribution in [-0.2, 0) is 19.2 Å². The first-order valence-corrected chi connectivity index (χ1v) is 9.23. The van der Waals surface area contributed by atoms with Gasteiger partial charge in [-0.25, -0.2) is 9.59 Å². The number of hydrogen-bond acceptors (Lipinski definition) is 7. The van der Waals surface area contributed by atoms with Gasteiger partial charge in [-0.15, -0.1) is 0 Å². The molecular weight excluding hydrogens is 396 g/mol. The molecule has 1 atom stereocenters. The summed E-state index contributed by atoms with van der Waals surface area (Å²) in [5, 5.41) is 8.50. The molecule has 12 heteroatoms. The van der Waals surface area contributed by atoms with Crippen molar-refractivity contribution in [2.45, 2.75) is 25.8 Å². The molecule has 1 saturated heterocycles. The average molecular weight is 420 g/mol. The van der Waals surface area contributed by atoms with Crippen molar-refractivity contribution in [3.8, 4) is 0 Å². The molecular formula is C18H24N6O6. The molecule has 1 aromatic carbocycles. The van der Waals surface area contributed by atoms with Gasteiger partial charge in [0.15, 0.2) is 5.84 Å². The number of carbonyl (C=O) groups is 4. The van der Waals surface area contributed by atoms with Crippen LogP contribution in [0.4, 0.5) is 15.3 Å². The fourth-order valence-electron chi connectivity index (χ4n) is 2.75. The lowest BCUT2D eigenvalue weighted by Crippen LogP contribution is -2.46. The molecule has 0 aromatic heterocycles. The van der Waals surface area contributed by atoms with E-state index < -0.39 is 24.1 Å². The van der Waals surface area contributed by atoms with E-state index in [0.717, 1.165) is 0 Å². The minimum absolute atomic E-state index is 0.0490. The average Bonchev–Trinajstić information content (AvgIpc) is 3.06. The Bertz CT molecular complexity index is 825. The molecule has 1 aromatic rings. The van der Waals surface area contributed by atoms with Crippen molar-refractivity contribution in [2.24, 2.45) is 16.6 Å². The van der Waals surface area contributed by atoms with Gasteiger partial charge in [0.1, 0.15) is 6.04 Å². The van der Waals surface area contributed by atoms with Crippen LogP contribution < -0.4 is 27.0 Å². The fraction of sp³-hybridized carbons (Fsp3) is 0.389. The van der Waals surface area contributed by atoms with E-state index >= 15 is 0 Å². The molecule has 0 bridgehead atoms. The summed E-state index contributed by atoms with van der Waals surface area (Å²) in [6.07, 6.45) is -0.599. The Morgan fingerprint density at radius 2 is 1.93 bits per heavy atom. The van der Waals surface area contributed by atoms with Gasteiger partial charge < -0.3 is 31.7 Å². The first-order chi connectivity index (χ1) is 14.3. The number of oxime groups is 1. The van der Waals surface area contributed by atoms with Gasteiger partial charge >= 0.3 is 18.1 Å². The fourth-order valence-corrected chi connectivity index (χ4v) is 2.75. The van der Waals surface area contributed by atoms with E-state index in [1.54, 1.807) is 31.2 Å². The van der Waals surface area contributed by atoms with Crippen LogP contribution >= 0.6 is 0 Å². The molecule has 0 spiro atoms. The van der Waals surface area contributed by atoms with Crippen LogP contribution in [0.15, 0.2) is 29.4 Å². The number of nitrogens with two attached hydrogens (primary N) is 2. The van der Waals surface area contributed by atoms with Crippen molar-refractivity contribution in [3.63, 3.8) is 0 Å². The normalized spacial score (nSPS) is 16.2. The SMILES string of the molecule is CCOC(=O)CCNC(=O)NC1CCN(c2ccc(/C(N)=N/OC(N)=O)cc2)C1=O. The van der Waals surface area contributed by atoms with Gasteiger partial charge in [0, 0.05) is 24.3 Å². The smallest absolute Gasteiger partial charge is 0.430 e. The molecule has 6 N–H and O–H groups in total. The van der Waals surface area contributed by atoms with E-state index in [1.807, 2.05) is 0 Å². The Hall–Kier alpha value is -3.83. The molecule has 0 saturated carbocycles. The summed E-state index contributed by atoms with van der Waals surface area (Å²) in [4.78, 5) is 52.2. The number of benzene rings is 1. The number of rotatable bonds is 8. The molecule has 4 amide bonds. The number of carbonyl (C=O) groups excluding carboxylic acids is 4. The predicted molar refractivity (Wildman–Crippen MR) is 106 cm³/mol. The minimum Gasteiger partial charge on any atom is -0.466 e. The zero-order valence-electron chi connectivity index (χ0n) is 16.4. The standard InChI is InChI=1S/C18H24N6O6/c1-2-29-14(25)7-9-21-18(28)22-13-8-10-24(16(13)26)12-5-3-11(4-6-12)15(19)23-30-17(20)27/h3-6,13H,2,7-10H2,1H3,(H2,19,23)(H2,20,27)(H2,21,22,28). The Labute approximate surface area is 172 Å². The van der Waals surface area contributed by atoms with Crippen molar-refractivity contribution in [3.05, 3.63) is 29.8 Å². The second-order valence-electron chi connectivity index (χ2n) is 6.22. The van der Waals surface area contributed by atoms with E-state index in [9.17, 15) is 19.2 Å². The van der Waals surface area contributed by atoms with Gasteiger partial charge in [0.05, 0.1) is 13.0 Å². The quantitative estimate of drug-likeness (QED) is 0.147. The van der Waals surface area contributed by atoms with Crippen molar-refractivity contribution in [1.82, 2.24) is 10.6 Å². The summed E-state index contributed by atoms with van der Waals surface area (Å²) in [5.41, 5.74) is 11.6. The highest BCUT2D eigenvalue weighted by molar-refractivity contribution is 6.02. The minimum atomic E-state index is -1.08. The third-order valence-electron chi connectivity index (χ3n) is 4.14. The van der Waals surface area contributed by atoms with E-state index in [0.29, 0.717) is 24.2 Å². The van der Waals surface area contributed by atoms with Gasteiger partial charge in [0.25, 0.3) is 0 Å². The van der Waals surface area contributed by atoms with Crippen LogP contribution in [0.25, 0.3) is 0 Å². The summed E-state index contributed by atoms with van der Waals surface area (Å²) in [6.45, 7) is 2.50. The number of esters is 1. The van der Waals surface area contributed by atoms with E-state index in [1.165, 1.54) is 4.90 Å². The van der Waals surface area contributed by atoms with Crippen molar-refractivity contribution < 1.29 is 28.8 Å². The highest BCUT2D eigenvalue weighted by atomic mass is 16.7. The van der Waals surface area contributed by atoms with Gasteiger partial charge in [-0.05, 0) is 37.6 Å². The Kier molecular flexibility index (Phi) is 7.97. The lowest BCUT2D eigenvalue weighted by Gasteiger charge is -2.18. The molecule has 2 rings (SSSR count).